The van der Waals surface area contributed by atoms with Gasteiger partial charge in [-0.05, 0) is 23.8 Å². The molecular formula is C12H10N4O4. The van der Waals surface area contributed by atoms with Crippen LogP contribution in [0.1, 0.15) is 21.5 Å². The van der Waals surface area contributed by atoms with Crippen molar-refractivity contribution in [3.05, 3.63) is 41.1 Å². The van der Waals surface area contributed by atoms with Crippen molar-refractivity contribution in [2.24, 2.45) is 0 Å². The van der Waals surface area contributed by atoms with Crippen LogP contribution >= 0.6 is 0 Å². The number of aromatic nitrogens is 2. The number of nitrogens with two attached hydrogens (primary N) is 1. The van der Waals surface area contributed by atoms with Gasteiger partial charge in [0.2, 0.25) is 0 Å². The van der Waals surface area contributed by atoms with E-state index in [4.69, 9.17) is 21.4 Å². The van der Waals surface area contributed by atoms with E-state index in [9.17, 15) is 4.79 Å². The SMILES string of the molecule is N#Cc1cnn(-c2cc(COO)cc(C(=O)O)c2)c1N. The van der Waals surface area contributed by atoms with Crippen LogP contribution in [-0.4, -0.2) is 26.1 Å². The minimum atomic E-state index is -1.14. The molecule has 2 aromatic rings. The van der Waals surface area contributed by atoms with Crippen LogP contribution < -0.4 is 5.73 Å². The second-order valence-electron chi connectivity index (χ2n) is 3.93. The van der Waals surface area contributed by atoms with E-state index in [1.54, 1.807) is 6.07 Å². The molecule has 0 aliphatic heterocycles. The van der Waals surface area contributed by atoms with Crippen LogP contribution in [0.25, 0.3) is 5.69 Å². The Morgan fingerprint density at radius 2 is 2.25 bits per heavy atom. The molecule has 4 N–H and O–H groups in total. The average molecular weight is 274 g/mol. The molecule has 0 spiro atoms. The molecule has 0 aliphatic carbocycles. The first-order valence-electron chi connectivity index (χ1n) is 5.44. The van der Waals surface area contributed by atoms with E-state index in [-0.39, 0.29) is 23.6 Å². The Morgan fingerprint density at radius 1 is 1.50 bits per heavy atom. The van der Waals surface area contributed by atoms with Crippen molar-refractivity contribution in [3.8, 4) is 11.8 Å². The quantitative estimate of drug-likeness (QED) is 0.559. The molecule has 0 radical (unpaired) electrons. The summed E-state index contributed by atoms with van der Waals surface area (Å²) >= 11 is 0. The van der Waals surface area contributed by atoms with Gasteiger partial charge in [-0.25, -0.2) is 14.4 Å². The van der Waals surface area contributed by atoms with Crippen LogP contribution in [0, 0.1) is 11.3 Å². The normalized spacial score (nSPS) is 10.2. The standard InChI is InChI=1S/C12H10N4O4/c13-4-9-5-15-16(11(9)14)10-2-7(6-20-19)1-8(3-10)12(17)18/h1-3,5,19H,6,14H2,(H,17,18). The van der Waals surface area contributed by atoms with Crippen LogP contribution in [0.15, 0.2) is 24.4 Å². The van der Waals surface area contributed by atoms with Gasteiger partial charge in [0.05, 0.1) is 17.4 Å². The van der Waals surface area contributed by atoms with Gasteiger partial charge in [0.15, 0.2) is 0 Å². The van der Waals surface area contributed by atoms with Gasteiger partial charge in [0, 0.05) is 0 Å². The largest absolute Gasteiger partial charge is 0.478 e. The minimum absolute atomic E-state index is 0.0112. The van der Waals surface area contributed by atoms with Crippen molar-refractivity contribution in [3.63, 3.8) is 0 Å². The molecule has 2 rings (SSSR count). The molecule has 0 saturated heterocycles. The lowest BCUT2D eigenvalue weighted by atomic mass is 10.1. The van der Waals surface area contributed by atoms with Crippen molar-refractivity contribution in [1.29, 1.82) is 5.26 Å². The van der Waals surface area contributed by atoms with E-state index in [1.165, 1.54) is 23.0 Å². The van der Waals surface area contributed by atoms with E-state index < -0.39 is 5.97 Å². The van der Waals surface area contributed by atoms with Gasteiger partial charge in [-0.1, -0.05) is 0 Å². The number of carbonyl (C=O) groups is 1. The number of carboxylic acids is 1. The molecule has 1 heterocycles. The molecule has 0 unspecified atom stereocenters. The van der Waals surface area contributed by atoms with Gasteiger partial charge in [-0.3, -0.25) is 5.26 Å². The maximum absolute atomic E-state index is 11.1. The lowest BCUT2D eigenvalue weighted by Gasteiger charge is -2.08. The molecule has 0 bridgehead atoms. The summed E-state index contributed by atoms with van der Waals surface area (Å²) in [6.07, 6.45) is 1.28. The van der Waals surface area contributed by atoms with Crippen molar-refractivity contribution < 1.29 is 20.0 Å². The number of rotatable bonds is 4. The van der Waals surface area contributed by atoms with Crippen LogP contribution in [0.2, 0.25) is 0 Å². The summed E-state index contributed by atoms with van der Waals surface area (Å²) in [6, 6.07) is 6.13. The third kappa shape index (κ3) is 2.44. The molecule has 20 heavy (non-hydrogen) atoms. The number of hydrogen-bond donors (Lipinski definition) is 3. The highest BCUT2D eigenvalue weighted by Crippen LogP contribution is 2.20. The highest BCUT2D eigenvalue weighted by Gasteiger charge is 2.13. The van der Waals surface area contributed by atoms with Crippen LogP contribution in [0.3, 0.4) is 0 Å². The van der Waals surface area contributed by atoms with E-state index in [2.05, 4.69) is 9.99 Å². The van der Waals surface area contributed by atoms with E-state index in [0.29, 0.717) is 11.3 Å². The van der Waals surface area contributed by atoms with Crippen molar-refractivity contribution in [1.82, 2.24) is 9.78 Å². The number of benzene rings is 1. The minimum Gasteiger partial charge on any atom is -0.478 e. The molecule has 8 nitrogen and oxygen atoms in total. The Hall–Kier alpha value is -2.89. The highest BCUT2D eigenvalue weighted by molar-refractivity contribution is 5.88. The monoisotopic (exact) mass is 274 g/mol. The summed E-state index contributed by atoms with van der Waals surface area (Å²) in [4.78, 5) is 15.1. The molecule has 1 aromatic carbocycles. The van der Waals surface area contributed by atoms with E-state index in [0.717, 1.165) is 0 Å². The zero-order valence-electron chi connectivity index (χ0n) is 10.1. The summed E-state index contributed by atoms with van der Waals surface area (Å²) in [5.74, 6) is -1.04. The summed E-state index contributed by atoms with van der Waals surface area (Å²) in [7, 11) is 0. The first-order valence-corrected chi connectivity index (χ1v) is 5.44. The van der Waals surface area contributed by atoms with Crippen molar-refractivity contribution in [2.75, 3.05) is 5.73 Å². The predicted molar refractivity (Wildman–Crippen MR) is 67.1 cm³/mol. The second-order valence-corrected chi connectivity index (χ2v) is 3.93. The third-order valence-electron chi connectivity index (χ3n) is 2.63. The molecule has 0 fully saturated rings. The van der Waals surface area contributed by atoms with Gasteiger partial charge in [-0.15, -0.1) is 0 Å². The lowest BCUT2D eigenvalue weighted by molar-refractivity contribution is -0.253. The summed E-state index contributed by atoms with van der Waals surface area (Å²) < 4.78 is 1.24. The Bertz CT molecular complexity index is 702. The van der Waals surface area contributed by atoms with Crippen LogP contribution in [0.4, 0.5) is 5.82 Å². The third-order valence-corrected chi connectivity index (χ3v) is 2.63. The number of nitrogen functional groups attached to an aromatic ring is 1. The first kappa shape index (κ1) is 13.5. The maximum Gasteiger partial charge on any atom is 0.335 e. The highest BCUT2D eigenvalue weighted by atomic mass is 17.1. The smallest absolute Gasteiger partial charge is 0.335 e. The number of carboxylic acid groups (broad SMARTS) is 1. The Morgan fingerprint density at radius 3 is 2.80 bits per heavy atom. The number of nitrogens with zero attached hydrogens (tertiary/aromatic N) is 3. The summed E-state index contributed by atoms with van der Waals surface area (Å²) in [5, 5.41) is 30.3. The Balaban J connectivity index is 2.57. The van der Waals surface area contributed by atoms with E-state index in [1.807, 2.05) is 6.07 Å². The van der Waals surface area contributed by atoms with Gasteiger partial charge in [-0.2, -0.15) is 10.4 Å². The zero-order chi connectivity index (χ0) is 14.7. The topological polar surface area (TPSA) is 134 Å². The lowest BCUT2D eigenvalue weighted by Crippen LogP contribution is -2.06. The van der Waals surface area contributed by atoms with Gasteiger partial charge >= 0.3 is 5.97 Å². The molecular weight excluding hydrogens is 264 g/mol. The molecule has 0 aliphatic rings. The molecule has 102 valence electrons. The van der Waals surface area contributed by atoms with Crippen LogP contribution in [-0.2, 0) is 11.5 Å². The van der Waals surface area contributed by atoms with Crippen molar-refractivity contribution in [2.45, 2.75) is 6.61 Å². The fraction of sp³-hybridized carbons (Fsp3) is 0.0833. The van der Waals surface area contributed by atoms with E-state index >= 15 is 0 Å². The average Bonchev–Trinajstić information content (AvgIpc) is 2.79. The fourth-order valence-corrected chi connectivity index (χ4v) is 1.73. The summed E-state index contributed by atoms with van der Waals surface area (Å²) in [6.45, 7) is -0.180. The van der Waals surface area contributed by atoms with Crippen LogP contribution in [0.5, 0.6) is 0 Å². The predicted octanol–water partition coefficient (Wildman–Crippen LogP) is 1.01. The van der Waals surface area contributed by atoms with Gasteiger partial charge in [0.25, 0.3) is 0 Å². The van der Waals surface area contributed by atoms with Gasteiger partial charge in [0.1, 0.15) is 24.1 Å². The first-order chi connectivity index (χ1) is 9.56. The summed E-state index contributed by atoms with van der Waals surface area (Å²) in [5.41, 5.74) is 6.70. The maximum atomic E-state index is 11.1. The molecule has 0 atom stereocenters. The Kier molecular flexibility index (Phi) is 3.65. The number of anilines is 1. The number of aromatic carboxylic acids is 1. The molecule has 1 aromatic heterocycles. The number of hydrogen-bond acceptors (Lipinski definition) is 6. The zero-order valence-corrected chi connectivity index (χ0v) is 10.1. The fourth-order valence-electron chi connectivity index (χ4n) is 1.73. The van der Waals surface area contributed by atoms with Gasteiger partial charge < -0.3 is 10.8 Å². The molecule has 8 heteroatoms. The molecule has 0 saturated carbocycles. The van der Waals surface area contributed by atoms with Crippen molar-refractivity contribution >= 4 is 11.8 Å². The second kappa shape index (κ2) is 5.40. The number of nitriles is 1. The molecule has 0 amide bonds. The Labute approximate surface area is 113 Å².